The van der Waals surface area contributed by atoms with E-state index in [0.717, 1.165) is 0 Å². The van der Waals surface area contributed by atoms with Gasteiger partial charge in [0.25, 0.3) is 5.91 Å². The molecule has 0 unspecified atom stereocenters. The van der Waals surface area contributed by atoms with Crippen LogP contribution >= 0.6 is 11.6 Å². The molecule has 1 amide bonds. The number of ether oxygens (including phenoxy) is 3. The maximum Gasteiger partial charge on any atom is 0.262 e. The summed E-state index contributed by atoms with van der Waals surface area (Å²) >= 11 is 5.98. The Bertz CT molecular complexity index is 801. The first-order valence-electron chi connectivity index (χ1n) is 6.67. The highest BCUT2D eigenvalue weighted by Crippen LogP contribution is 2.34. The third-order valence-corrected chi connectivity index (χ3v) is 3.37. The van der Waals surface area contributed by atoms with Crippen LogP contribution in [0.3, 0.4) is 0 Å². The number of carbonyl (C=O) groups is 1. The minimum Gasteiger partial charge on any atom is -0.482 e. The first-order chi connectivity index (χ1) is 11.2. The van der Waals surface area contributed by atoms with Crippen molar-refractivity contribution in [3.05, 3.63) is 47.0 Å². The lowest BCUT2D eigenvalue weighted by Crippen LogP contribution is -2.20. The molecule has 116 valence electrons. The van der Waals surface area contributed by atoms with Crippen LogP contribution in [0.1, 0.15) is 5.56 Å². The second kappa shape index (κ2) is 6.46. The average molecular weight is 331 g/mol. The number of nitrogens with zero attached hydrogens (tertiary/aromatic N) is 1. The van der Waals surface area contributed by atoms with Gasteiger partial charge in [-0.25, -0.2) is 0 Å². The summed E-state index contributed by atoms with van der Waals surface area (Å²) in [5, 5.41) is 11.7. The number of rotatable bonds is 4. The van der Waals surface area contributed by atoms with Gasteiger partial charge in [0.05, 0.1) is 16.7 Å². The third kappa shape index (κ3) is 3.47. The van der Waals surface area contributed by atoms with Gasteiger partial charge in [0.1, 0.15) is 5.75 Å². The fourth-order valence-electron chi connectivity index (χ4n) is 2.00. The molecule has 1 N–H and O–H groups in total. The first kappa shape index (κ1) is 15.0. The van der Waals surface area contributed by atoms with E-state index in [-0.39, 0.29) is 24.3 Å². The number of amides is 1. The second-order valence-corrected chi connectivity index (χ2v) is 5.07. The van der Waals surface area contributed by atoms with Crippen molar-refractivity contribution in [1.82, 2.24) is 0 Å². The Labute approximate surface area is 137 Å². The van der Waals surface area contributed by atoms with Crippen molar-refractivity contribution in [1.29, 1.82) is 5.26 Å². The fraction of sp³-hybridized carbons (Fsp3) is 0.125. The van der Waals surface area contributed by atoms with Gasteiger partial charge >= 0.3 is 0 Å². The van der Waals surface area contributed by atoms with Gasteiger partial charge < -0.3 is 19.5 Å². The zero-order valence-electron chi connectivity index (χ0n) is 11.8. The third-order valence-electron chi connectivity index (χ3n) is 3.08. The van der Waals surface area contributed by atoms with Crippen LogP contribution in [0.15, 0.2) is 36.4 Å². The number of carbonyl (C=O) groups excluding carboxylic acids is 1. The van der Waals surface area contributed by atoms with Gasteiger partial charge in [0.2, 0.25) is 6.79 Å². The van der Waals surface area contributed by atoms with Gasteiger partial charge in [-0.3, -0.25) is 4.79 Å². The average Bonchev–Trinajstić information content (AvgIpc) is 3.01. The molecule has 23 heavy (non-hydrogen) atoms. The molecule has 0 aromatic heterocycles. The van der Waals surface area contributed by atoms with E-state index in [1.807, 2.05) is 6.07 Å². The molecule has 0 fully saturated rings. The Kier molecular flexibility index (Phi) is 4.22. The molecule has 0 aliphatic carbocycles. The topological polar surface area (TPSA) is 80.6 Å². The quantitative estimate of drug-likeness (QED) is 0.932. The number of nitrogens with one attached hydrogen (secondary N) is 1. The van der Waals surface area contributed by atoms with Gasteiger partial charge in [-0.2, -0.15) is 5.26 Å². The molecule has 1 aliphatic heterocycles. The minimum absolute atomic E-state index is 0.174. The molecule has 6 nitrogen and oxygen atoms in total. The summed E-state index contributed by atoms with van der Waals surface area (Å²) in [6.45, 7) is -0.0346. The maximum absolute atomic E-state index is 11.9. The van der Waals surface area contributed by atoms with E-state index in [2.05, 4.69) is 5.32 Å². The number of benzene rings is 2. The van der Waals surface area contributed by atoms with Crippen molar-refractivity contribution in [3.8, 4) is 23.3 Å². The van der Waals surface area contributed by atoms with Crippen molar-refractivity contribution < 1.29 is 19.0 Å². The van der Waals surface area contributed by atoms with E-state index in [1.54, 1.807) is 30.3 Å². The monoisotopic (exact) mass is 330 g/mol. The Balaban J connectivity index is 1.59. The number of hydrogen-bond acceptors (Lipinski definition) is 5. The van der Waals surface area contributed by atoms with Crippen LogP contribution in [0.2, 0.25) is 5.02 Å². The maximum atomic E-state index is 11.9. The smallest absolute Gasteiger partial charge is 0.262 e. The number of halogens is 1. The standard InChI is InChI=1S/C16H11ClN2O4/c17-12-5-10(7-18)1-3-13(12)21-8-16(20)19-11-2-4-14-15(6-11)23-9-22-14/h1-6H,8-9H2,(H,19,20). The van der Waals surface area contributed by atoms with Crippen LogP contribution in [0.4, 0.5) is 5.69 Å². The summed E-state index contributed by atoms with van der Waals surface area (Å²) in [4.78, 5) is 11.9. The fourth-order valence-corrected chi connectivity index (χ4v) is 2.24. The first-order valence-corrected chi connectivity index (χ1v) is 7.05. The predicted octanol–water partition coefficient (Wildman–Crippen LogP) is 2.96. The summed E-state index contributed by atoms with van der Waals surface area (Å²) in [7, 11) is 0. The van der Waals surface area contributed by atoms with Gasteiger partial charge in [0.15, 0.2) is 18.1 Å². The lowest BCUT2D eigenvalue weighted by Gasteiger charge is -2.09. The number of hydrogen-bond donors (Lipinski definition) is 1. The molecule has 7 heteroatoms. The summed E-state index contributed by atoms with van der Waals surface area (Å²) in [6, 6.07) is 11.7. The van der Waals surface area contributed by atoms with Crippen molar-refractivity contribution in [2.45, 2.75) is 0 Å². The van der Waals surface area contributed by atoms with Crippen LogP contribution in [0, 0.1) is 11.3 Å². The lowest BCUT2D eigenvalue weighted by atomic mass is 10.2. The highest BCUT2D eigenvalue weighted by atomic mass is 35.5. The highest BCUT2D eigenvalue weighted by molar-refractivity contribution is 6.32. The van der Waals surface area contributed by atoms with Gasteiger partial charge in [0, 0.05) is 11.8 Å². The molecule has 0 atom stereocenters. The molecule has 1 heterocycles. The summed E-state index contributed by atoms with van der Waals surface area (Å²) in [5.41, 5.74) is 1.00. The lowest BCUT2D eigenvalue weighted by molar-refractivity contribution is -0.118. The zero-order valence-corrected chi connectivity index (χ0v) is 12.6. The largest absolute Gasteiger partial charge is 0.482 e. The van der Waals surface area contributed by atoms with Crippen molar-refractivity contribution >= 4 is 23.2 Å². The molecular formula is C16H11ClN2O4. The van der Waals surface area contributed by atoms with Crippen LogP contribution in [-0.2, 0) is 4.79 Å². The second-order valence-electron chi connectivity index (χ2n) is 4.66. The van der Waals surface area contributed by atoms with Crippen molar-refractivity contribution in [2.75, 3.05) is 18.7 Å². The Morgan fingerprint density at radius 2 is 2.09 bits per heavy atom. The van der Waals surface area contributed by atoms with E-state index in [4.69, 9.17) is 31.1 Å². The summed E-state index contributed by atoms with van der Waals surface area (Å²) in [5.74, 6) is 1.22. The number of anilines is 1. The van der Waals surface area contributed by atoms with Gasteiger partial charge in [-0.05, 0) is 30.3 Å². The van der Waals surface area contributed by atoms with E-state index < -0.39 is 0 Å². The Hall–Kier alpha value is -2.91. The van der Waals surface area contributed by atoms with E-state index >= 15 is 0 Å². The summed E-state index contributed by atoms with van der Waals surface area (Å²) < 4.78 is 15.8. The normalized spacial score (nSPS) is 11.7. The Morgan fingerprint density at radius 1 is 1.26 bits per heavy atom. The summed E-state index contributed by atoms with van der Waals surface area (Å²) in [6.07, 6.45) is 0. The van der Waals surface area contributed by atoms with Crippen LogP contribution < -0.4 is 19.5 Å². The van der Waals surface area contributed by atoms with Crippen LogP contribution in [0.25, 0.3) is 0 Å². The molecule has 1 aliphatic rings. The minimum atomic E-state index is -0.343. The molecule has 0 saturated carbocycles. The highest BCUT2D eigenvalue weighted by Gasteiger charge is 2.14. The van der Waals surface area contributed by atoms with Crippen LogP contribution in [-0.4, -0.2) is 19.3 Å². The Morgan fingerprint density at radius 3 is 2.87 bits per heavy atom. The molecule has 0 spiro atoms. The molecule has 0 bridgehead atoms. The zero-order chi connectivity index (χ0) is 16.2. The molecular weight excluding hydrogens is 320 g/mol. The van der Waals surface area contributed by atoms with Crippen LogP contribution in [0.5, 0.6) is 17.2 Å². The molecule has 0 saturated heterocycles. The SMILES string of the molecule is N#Cc1ccc(OCC(=O)Nc2ccc3c(c2)OCO3)c(Cl)c1. The van der Waals surface area contributed by atoms with E-state index in [9.17, 15) is 4.79 Å². The number of fused-ring (bicyclic) bond motifs is 1. The molecule has 2 aromatic carbocycles. The molecule has 2 aromatic rings. The molecule has 3 rings (SSSR count). The number of nitriles is 1. The van der Waals surface area contributed by atoms with Gasteiger partial charge in [-0.15, -0.1) is 0 Å². The van der Waals surface area contributed by atoms with Crippen molar-refractivity contribution in [2.24, 2.45) is 0 Å². The van der Waals surface area contributed by atoms with E-state index in [0.29, 0.717) is 28.5 Å². The van der Waals surface area contributed by atoms with Gasteiger partial charge in [-0.1, -0.05) is 11.6 Å². The van der Waals surface area contributed by atoms with E-state index in [1.165, 1.54) is 6.07 Å². The van der Waals surface area contributed by atoms with Crippen molar-refractivity contribution in [3.63, 3.8) is 0 Å². The molecule has 0 radical (unpaired) electrons. The predicted molar refractivity (Wildman–Crippen MR) is 82.9 cm³/mol.